The van der Waals surface area contributed by atoms with Crippen molar-refractivity contribution in [1.82, 2.24) is 0 Å². The van der Waals surface area contributed by atoms with E-state index >= 15 is 0 Å². The fourth-order valence-corrected chi connectivity index (χ4v) is 13.6. The second-order valence-corrected chi connectivity index (χ2v) is 20.6. The second-order valence-electron chi connectivity index (χ2n) is 20.6. The van der Waals surface area contributed by atoms with Crippen LogP contribution in [0.25, 0.3) is 0 Å². The van der Waals surface area contributed by atoms with E-state index in [2.05, 4.69) is 48.1 Å². The lowest BCUT2D eigenvalue weighted by Crippen LogP contribution is -3.00. The number of nitrogens with zero attached hydrogens (tertiary/aromatic N) is 2. The van der Waals surface area contributed by atoms with E-state index < -0.39 is 0 Å². The summed E-state index contributed by atoms with van der Waals surface area (Å²) < 4.78 is 13.4. The lowest BCUT2D eigenvalue weighted by molar-refractivity contribution is -0.883. The molecule has 5 saturated carbocycles. The minimum Gasteiger partial charge on any atom is -1.00 e. The molecule has 302 valence electrons. The van der Waals surface area contributed by atoms with Crippen LogP contribution in [0.1, 0.15) is 106 Å². The first-order valence-electron chi connectivity index (χ1n) is 20.0. The number of halogens is 2. The first-order chi connectivity index (χ1) is 23.1. The van der Waals surface area contributed by atoms with Gasteiger partial charge in [-0.3, -0.25) is 0 Å². The fourth-order valence-electron chi connectivity index (χ4n) is 13.6. The van der Waals surface area contributed by atoms with Gasteiger partial charge in [-0.15, -0.1) is 0 Å². The van der Waals surface area contributed by atoms with Gasteiger partial charge in [-0.25, -0.2) is 9.59 Å². The summed E-state index contributed by atoms with van der Waals surface area (Å²) in [6, 6.07) is 0. The third kappa shape index (κ3) is 7.88. The quantitative estimate of drug-likeness (QED) is 0.168. The molecule has 10 atom stereocenters. The van der Waals surface area contributed by atoms with E-state index in [0.717, 1.165) is 38.5 Å². The van der Waals surface area contributed by atoms with Crippen molar-refractivity contribution in [2.75, 3.05) is 74.2 Å². The molecule has 5 aliphatic rings. The van der Waals surface area contributed by atoms with E-state index in [1.54, 1.807) is 0 Å². The number of hydrogen-bond donors (Lipinski definition) is 2. The van der Waals surface area contributed by atoms with Crippen molar-refractivity contribution < 1.29 is 63.1 Å². The Morgan fingerprint density at radius 3 is 1.90 bits per heavy atom. The molecule has 0 aromatic carbocycles. The number of fused-ring (bicyclic) bond motifs is 7. The number of esters is 2. The first kappa shape index (κ1) is 45.5. The zero-order chi connectivity index (χ0) is 37.1. The van der Waals surface area contributed by atoms with Crippen LogP contribution in [0, 0.1) is 56.7 Å². The number of hydrogen-bond acceptors (Lipinski definition) is 6. The van der Waals surface area contributed by atoms with Crippen molar-refractivity contribution in [2.45, 2.75) is 112 Å². The fraction of sp³-hybridized carbons (Fsp3) is 0.905. The van der Waals surface area contributed by atoms with E-state index in [1.165, 1.54) is 31.3 Å². The monoisotopic (exact) mass is 772 g/mol. The molecule has 0 aliphatic heterocycles. The summed E-state index contributed by atoms with van der Waals surface area (Å²) in [7, 11) is 7.92. The minimum absolute atomic E-state index is 0. The highest BCUT2D eigenvalue weighted by molar-refractivity contribution is 5.71. The van der Waals surface area contributed by atoms with E-state index in [-0.39, 0.29) is 96.2 Å². The Bertz CT molecular complexity index is 1310. The molecule has 0 heterocycles. The van der Waals surface area contributed by atoms with Crippen molar-refractivity contribution in [3.8, 4) is 0 Å². The van der Waals surface area contributed by atoms with Crippen LogP contribution in [0.15, 0.2) is 12.2 Å². The predicted molar refractivity (Wildman–Crippen MR) is 198 cm³/mol. The predicted octanol–water partition coefficient (Wildman–Crippen LogP) is 0.244. The van der Waals surface area contributed by atoms with Crippen molar-refractivity contribution in [3.63, 3.8) is 0 Å². The van der Waals surface area contributed by atoms with Gasteiger partial charge in [-0.2, -0.15) is 0 Å². The molecular formula is C42H74Cl2N2O6. The molecule has 5 rings (SSSR count). The Balaban J connectivity index is 0.00000364. The van der Waals surface area contributed by atoms with Crippen LogP contribution in [0.2, 0.25) is 0 Å². The van der Waals surface area contributed by atoms with Gasteiger partial charge in [0.15, 0.2) is 13.1 Å². The molecule has 0 radical (unpaired) electrons. The lowest BCUT2D eigenvalue weighted by atomic mass is 9.32. The number of ether oxygens (including phenoxy) is 2. The third-order valence-corrected chi connectivity index (χ3v) is 16.5. The van der Waals surface area contributed by atoms with Gasteiger partial charge < -0.3 is 53.5 Å². The number of aliphatic hydroxyl groups is 2. The van der Waals surface area contributed by atoms with E-state index in [9.17, 15) is 19.8 Å². The van der Waals surface area contributed by atoms with Crippen LogP contribution in [-0.2, 0) is 19.1 Å². The molecule has 0 saturated heterocycles. The highest BCUT2D eigenvalue weighted by Crippen LogP contribution is 2.77. The summed E-state index contributed by atoms with van der Waals surface area (Å²) in [6.07, 6.45) is 11.3. The molecule has 5 fully saturated rings. The zero-order valence-corrected chi connectivity index (χ0v) is 35.9. The smallest absolute Gasteiger partial charge is 0.362 e. The molecular weight excluding hydrogens is 699 g/mol. The first-order valence-corrected chi connectivity index (χ1v) is 20.0. The molecule has 10 heteroatoms. The molecule has 5 aliphatic carbocycles. The van der Waals surface area contributed by atoms with Crippen molar-refractivity contribution in [2.24, 2.45) is 56.7 Å². The zero-order valence-electron chi connectivity index (χ0n) is 34.4. The van der Waals surface area contributed by atoms with E-state index in [1.807, 2.05) is 28.2 Å². The molecule has 0 amide bonds. The van der Waals surface area contributed by atoms with Crippen LogP contribution in [0.3, 0.4) is 0 Å². The van der Waals surface area contributed by atoms with Gasteiger partial charge >= 0.3 is 11.9 Å². The topological polar surface area (TPSA) is 93.1 Å². The summed E-state index contributed by atoms with van der Waals surface area (Å²) in [5.74, 6) is 2.34. The van der Waals surface area contributed by atoms with E-state index in [0.29, 0.717) is 58.3 Å². The van der Waals surface area contributed by atoms with Gasteiger partial charge in [0.2, 0.25) is 0 Å². The third-order valence-electron chi connectivity index (χ3n) is 16.5. The number of carbonyl (C=O) groups is 2. The highest BCUT2D eigenvalue weighted by Gasteiger charge is 2.71. The number of carbonyl (C=O) groups excluding carboxylic acids is 2. The molecule has 0 aromatic heterocycles. The van der Waals surface area contributed by atoms with E-state index in [4.69, 9.17) is 9.47 Å². The van der Waals surface area contributed by atoms with Gasteiger partial charge in [0, 0.05) is 10.8 Å². The molecule has 0 aromatic rings. The standard InChI is InChI=1S/C42H74N2O6.2ClH/c1-29(2)30-14-19-42(28-49-35(47)26-43(8,9)22-24-45)21-20-40(6)31(37(30)42)12-13-33-39(5)17-16-34(50-36(48)27-44(10,11)23-25-46)38(3,4)32(39)15-18-41(33,40)7;;/h30-34,37,45-46H,1,12-28H2,2-11H3;2*1H/q+2;;/p-2/t30?,31?,32?,33?,34?,37?,39-,40-,41+,42?;;/m0../s1. The van der Waals surface area contributed by atoms with Gasteiger partial charge in [0.25, 0.3) is 0 Å². The van der Waals surface area contributed by atoms with Crippen LogP contribution in [0.5, 0.6) is 0 Å². The maximum Gasteiger partial charge on any atom is 0.362 e. The maximum absolute atomic E-state index is 13.2. The largest absolute Gasteiger partial charge is 1.00 e. The Labute approximate surface area is 328 Å². The summed E-state index contributed by atoms with van der Waals surface area (Å²) >= 11 is 0. The van der Waals surface area contributed by atoms with Gasteiger partial charge in [0.1, 0.15) is 19.2 Å². The molecule has 2 N–H and O–H groups in total. The average Bonchev–Trinajstić information content (AvgIpc) is 3.38. The maximum atomic E-state index is 13.2. The Morgan fingerprint density at radius 1 is 0.731 bits per heavy atom. The van der Waals surface area contributed by atoms with Crippen LogP contribution in [-0.4, -0.2) is 111 Å². The number of likely N-dealkylation sites (N-methyl/N-ethyl adjacent to an activating group) is 2. The number of quaternary nitrogens is 2. The van der Waals surface area contributed by atoms with Crippen LogP contribution < -0.4 is 24.8 Å². The molecule has 7 unspecified atom stereocenters. The Morgan fingerprint density at radius 2 is 1.33 bits per heavy atom. The number of rotatable bonds is 12. The molecule has 0 bridgehead atoms. The summed E-state index contributed by atoms with van der Waals surface area (Å²) in [6.45, 7) is 21.7. The summed E-state index contributed by atoms with van der Waals surface area (Å²) in [5.41, 5.74) is 1.79. The normalized spacial score (nSPS) is 39.3. The van der Waals surface area contributed by atoms with Crippen molar-refractivity contribution >= 4 is 11.9 Å². The van der Waals surface area contributed by atoms with Crippen molar-refractivity contribution in [3.05, 3.63) is 12.2 Å². The number of allylic oxidation sites excluding steroid dienone is 1. The highest BCUT2D eigenvalue weighted by atomic mass is 35.5. The van der Waals surface area contributed by atoms with Crippen molar-refractivity contribution in [1.29, 1.82) is 0 Å². The van der Waals surface area contributed by atoms with Crippen LogP contribution in [0.4, 0.5) is 0 Å². The second kappa shape index (κ2) is 15.9. The lowest BCUT2D eigenvalue weighted by Gasteiger charge is -2.73. The minimum atomic E-state index is -0.151. The van der Waals surface area contributed by atoms with Crippen LogP contribution >= 0.6 is 0 Å². The van der Waals surface area contributed by atoms with Gasteiger partial charge in [0.05, 0.1) is 48.0 Å². The molecule has 8 nitrogen and oxygen atoms in total. The Hall–Kier alpha value is -0.900. The summed E-state index contributed by atoms with van der Waals surface area (Å²) in [4.78, 5) is 26.4. The summed E-state index contributed by atoms with van der Waals surface area (Å²) in [5, 5.41) is 19.0. The SMILES string of the molecule is C=C(C)C1CCC2(COC(=O)C[N+](C)(C)CCO)CC[C@@]3(C)C(CCC4[C@@]5(C)CCC(OC(=O)C[N+](C)(C)CCO)C(C)(C)C5CC[C@]43C)C12.[Cl-].[Cl-]. The molecule has 52 heavy (non-hydrogen) atoms. The number of aliphatic hydroxyl groups excluding tert-OH is 2. The molecule has 0 spiro atoms. The Kier molecular flexibility index (Phi) is 13.9. The van der Waals surface area contributed by atoms with Gasteiger partial charge in [-0.05, 0) is 117 Å². The van der Waals surface area contributed by atoms with Gasteiger partial charge in [-0.1, -0.05) is 46.8 Å². The average molecular weight is 774 g/mol.